The van der Waals surface area contributed by atoms with Crippen molar-refractivity contribution in [1.29, 1.82) is 0 Å². The van der Waals surface area contributed by atoms with Crippen LogP contribution in [0.1, 0.15) is 252 Å². The molecular formula is C63H104O6. The van der Waals surface area contributed by atoms with Gasteiger partial charge in [0.1, 0.15) is 13.2 Å². The summed E-state index contributed by atoms with van der Waals surface area (Å²) in [6.07, 6.45) is 76.5. The van der Waals surface area contributed by atoms with Crippen LogP contribution in [0.5, 0.6) is 0 Å². The van der Waals surface area contributed by atoms with Crippen LogP contribution in [0.4, 0.5) is 0 Å². The molecule has 0 N–H and O–H groups in total. The molecule has 0 bridgehead atoms. The van der Waals surface area contributed by atoms with Crippen molar-refractivity contribution < 1.29 is 28.6 Å². The quantitative estimate of drug-likeness (QED) is 0.0262. The van der Waals surface area contributed by atoms with Crippen LogP contribution in [0.25, 0.3) is 0 Å². The normalized spacial score (nSPS) is 12.9. The molecule has 0 rings (SSSR count). The van der Waals surface area contributed by atoms with Gasteiger partial charge in [-0.05, 0) is 103 Å². The number of ether oxygens (including phenoxy) is 3. The summed E-state index contributed by atoms with van der Waals surface area (Å²) in [5.41, 5.74) is 0. The van der Waals surface area contributed by atoms with Crippen LogP contribution >= 0.6 is 0 Å². The lowest BCUT2D eigenvalue weighted by Crippen LogP contribution is -2.30. The average molecular weight is 958 g/mol. The fourth-order valence-electron chi connectivity index (χ4n) is 7.47. The molecule has 0 heterocycles. The largest absolute Gasteiger partial charge is 0.462 e. The van der Waals surface area contributed by atoms with Gasteiger partial charge < -0.3 is 14.2 Å². The summed E-state index contributed by atoms with van der Waals surface area (Å²) in [6, 6.07) is 0. The first-order valence-corrected chi connectivity index (χ1v) is 28.4. The second-order valence-electron chi connectivity index (χ2n) is 18.5. The van der Waals surface area contributed by atoms with E-state index >= 15 is 0 Å². The molecule has 69 heavy (non-hydrogen) atoms. The number of rotatable bonds is 50. The molecule has 0 aromatic heterocycles. The van der Waals surface area contributed by atoms with Crippen LogP contribution in [0.2, 0.25) is 0 Å². The van der Waals surface area contributed by atoms with E-state index in [-0.39, 0.29) is 31.6 Å². The van der Waals surface area contributed by atoms with E-state index in [0.717, 1.165) is 89.9 Å². The lowest BCUT2D eigenvalue weighted by molar-refractivity contribution is -0.166. The molecule has 0 spiro atoms. The molecule has 0 saturated heterocycles. The van der Waals surface area contributed by atoms with E-state index in [1.165, 1.54) is 116 Å². The Kier molecular flexibility index (Phi) is 53.4. The van der Waals surface area contributed by atoms with Crippen LogP contribution in [-0.2, 0) is 28.6 Å². The summed E-state index contributed by atoms with van der Waals surface area (Å²) in [7, 11) is 0. The minimum Gasteiger partial charge on any atom is -0.462 e. The van der Waals surface area contributed by atoms with Gasteiger partial charge in [0.15, 0.2) is 6.10 Å². The van der Waals surface area contributed by atoms with Crippen LogP contribution in [0, 0.1) is 0 Å². The molecule has 0 aliphatic rings. The van der Waals surface area contributed by atoms with Gasteiger partial charge in [0, 0.05) is 19.3 Å². The minimum absolute atomic E-state index is 0.118. The monoisotopic (exact) mass is 957 g/mol. The van der Waals surface area contributed by atoms with Gasteiger partial charge >= 0.3 is 17.9 Å². The first-order chi connectivity index (χ1) is 34.0. The van der Waals surface area contributed by atoms with E-state index < -0.39 is 12.1 Å². The standard InChI is InChI=1S/C63H104O6/c1-4-7-10-13-16-19-22-25-27-29-31-33-35-38-41-44-47-50-53-56-62(65)68-59-60(58-67-61(64)55-52-49-46-43-40-37-24-21-18-15-12-9-6-3)69-63(66)57-54-51-48-45-42-39-36-34-32-30-28-26-23-20-17-14-11-8-5-2/h16-17,19-20,25-28,31-34,38-39,41-42,48,51,60H,4-15,18,21-24,29-30,35-37,40,43-47,49-50,52-59H2,1-3H3/b19-16-,20-17-,27-25-,28-26-,33-31-,34-32-,41-38-,42-39-,51-48-/t60-/m0/s1. The fourth-order valence-corrected chi connectivity index (χ4v) is 7.47. The summed E-state index contributed by atoms with van der Waals surface area (Å²) in [5.74, 6) is -1.03. The zero-order valence-corrected chi connectivity index (χ0v) is 44.8. The molecule has 0 fully saturated rings. The van der Waals surface area contributed by atoms with Crippen molar-refractivity contribution >= 4 is 17.9 Å². The molecule has 0 unspecified atom stereocenters. The molecule has 0 aliphatic heterocycles. The number of carbonyl (C=O) groups is 3. The van der Waals surface area contributed by atoms with Gasteiger partial charge in [-0.25, -0.2) is 0 Å². The van der Waals surface area contributed by atoms with Crippen molar-refractivity contribution in [1.82, 2.24) is 0 Å². The summed E-state index contributed by atoms with van der Waals surface area (Å²) in [4.78, 5) is 38.1. The van der Waals surface area contributed by atoms with E-state index in [0.29, 0.717) is 19.3 Å². The van der Waals surface area contributed by atoms with E-state index in [1.807, 2.05) is 12.2 Å². The highest BCUT2D eigenvalue weighted by atomic mass is 16.6. The van der Waals surface area contributed by atoms with Gasteiger partial charge in [0.2, 0.25) is 0 Å². The lowest BCUT2D eigenvalue weighted by Gasteiger charge is -2.18. The molecule has 0 radical (unpaired) electrons. The minimum atomic E-state index is -0.831. The maximum absolute atomic E-state index is 12.8. The third kappa shape index (κ3) is 54.9. The second-order valence-corrected chi connectivity index (χ2v) is 18.5. The van der Waals surface area contributed by atoms with Crippen molar-refractivity contribution in [3.63, 3.8) is 0 Å². The number of esters is 3. The van der Waals surface area contributed by atoms with E-state index in [9.17, 15) is 14.4 Å². The second kappa shape index (κ2) is 56.7. The van der Waals surface area contributed by atoms with E-state index in [4.69, 9.17) is 14.2 Å². The number of allylic oxidation sites excluding steroid dienone is 18. The molecule has 392 valence electrons. The Morgan fingerprint density at radius 1 is 0.290 bits per heavy atom. The first kappa shape index (κ1) is 65.1. The van der Waals surface area contributed by atoms with Crippen LogP contribution in [0.3, 0.4) is 0 Å². The fraction of sp³-hybridized carbons (Fsp3) is 0.667. The number of unbranched alkanes of at least 4 members (excludes halogenated alkanes) is 21. The zero-order chi connectivity index (χ0) is 50.0. The van der Waals surface area contributed by atoms with Crippen LogP contribution < -0.4 is 0 Å². The van der Waals surface area contributed by atoms with Gasteiger partial charge in [-0.2, -0.15) is 0 Å². The number of hydrogen-bond donors (Lipinski definition) is 0. The van der Waals surface area contributed by atoms with Crippen LogP contribution in [-0.4, -0.2) is 37.2 Å². The summed E-state index contributed by atoms with van der Waals surface area (Å²) >= 11 is 0. The molecule has 0 aromatic rings. The van der Waals surface area contributed by atoms with Crippen molar-refractivity contribution in [2.45, 2.75) is 258 Å². The molecule has 6 nitrogen and oxygen atoms in total. The smallest absolute Gasteiger partial charge is 0.306 e. The number of carbonyl (C=O) groups excluding carboxylic acids is 3. The molecule has 0 aliphatic carbocycles. The lowest BCUT2D eigenvalue weighted by atomic mass is 10.0. The Morgan fingerprint density at radius 3 is 0.899 bits per heavy atom. The Morgan fingerprint density at radius 2 is 0.551 bits per heavy atom. The molecule has 0 aromatic carbocycles. The van der Waals surface area contributed by atoms with Crippen molar-refractivity contribution in [3.8, 4) is 0 Å². The Hall–Kier alpha value is -3.93. The van der Waals surface area contributed by atoms with Gasteiger partial charge in [-0.1, -0.05) is 239 Å². The van der Waals surface area contributed by atoms with Crippen LogP contribution in [0.15, 0.2) is 109 Å². The Bertz CT molecular complexity index is 1420. The highest BCUT2D eigenvalue weighted by Gasteiger charge is 2.19. The summed E-state index contributed by atoms with van der Waals surface area (Å²) in [6.45, 7) is 6.49. The molecule has 6 heteroatoms. The van der Waals surface area contributed by atoms with Gasteiger partial charge in [0.25, 0.3) is 0 Å². The van der Waals surface area contributed by atoms with E-state index in [2.05, 4.69) is 118 Å². The summed E-state index contributed by atoms with van der Waals surface area (Å²) < 4.78 is 16.7. The SMILES string of the molecule is CCCCC/C=C\C/C=C\C/C=C\C/C=C\C/C=C\CCC(=O)O[C@H](COC(=O)CCCCC/C=C\C/C=C\C/C=C\C/C=C\CCCCC)COC(=O)CCCCCCCCCCCCCCC. The van der Waals surface area contributed by atoms with Crippen molar-refractivity contribution in [3.05, 3.63) is 109 Å². The highest BCUT2D eigenvalue weighted by molar-refractivity contribution is 5.71. The van der Waals surface area contributed by atoms with Crippen molar-refractivity contribution in [2.75, 3.05) is 13.2 Å². The zero-order valence-electron chi connectivity index (χ0n) is 44.8. The predicted molar refractivity (Wildman–Crippen MR) is 297 cm³/mol. The Labute approximate surface area is 425 Å². The van der Waals surface area contributed by atoms with Gasteiger partial charge in [0.05, 0.1) is 0 Å². The van der Waals surface area contributed by atoms with Gasteiger partial charge in [-0.3, -0.25) is 14.4 Å². The summed E-state index contributed by atoms with van der Waals surface area (Å²) in [5, 5.41) is 0. The highest BCUT2D eigenvalue weighted by Crippen LogP contribution is 2.14. The van der Waals surface area contributed by atoms with E-state index in [1.54, 1.807) is 0 Å². The number of hydrogen-bond acceptors (Lipinski definition) is 6. The van der Waals surface area contributed by atoms with Gasteiger partial charge in [-0.15, -0.1) is 0 Å². The Balaban J connectivity index is 4.56. The molecule has 0 amide bonds. The van der Waals surface area contributed by atoms with Crippen molar-refractivity contribution in [2.24, 2.45) is 0 Å². The maximum Gasteiger partial charge on any atom is 0.306 e. The molecule has 0 saturated carbocycles. The average Bonchev–Trinajstić information content (AvgIpc) is 3.35. The topological polar surface area (TPSA) is 78.9 Å². The third-order valence-electron chi connectivity index (χ3n) is 11.8. The molecule has 1 atom stereocenters. The predicted octanol–water partition coefficient (Wildman–Crippen LogP) is 19.1. The maximum atomic E-state index is 12.8. The third-order valence-corrected chi connectivity index (χ3v) is 11.8. The molecular weight excluding hydrogens is 853 g/mol. The first-order valence-electron chi connectivity index (χ1n) is 28.4.